The number of hydrogen-bond acceptors (Lipinski definition) is 2. The molecule has 0 aromatic heterocycles. The van der Waals surface area contributed by atoms with Gasteiger partial charge in [0.2, 0.25) is 0 Å². The van der Waals surface area contributed by atoms with Gasteiger partial charge in [-0.05, 0) is 12.0 Å². The highest BCUT2D eigenvalue weighted by atomic mass is 35.5. The maximum atomic E-state index is 11.7. The van der Waals surface area contributed by atoms with Crippen molar-refractivity contribution >= 4 is 29.2 Å². The first-order chi connectivity index (χ1) is 7.65. The average molecular weight is 261 g/mol. The van der Waals surface area contributed by atoms with E-state index in [4.69, 9.17) is 27.9 Å². The zero-order chi connectivity index (χ0) is 12.0. The van der Waals surface area contributed by atoms with Crippen molar-refractivity contribution in [1.29, 1.82) is 0 Å². The van der Waals surface area contributed by atoms with Crippen molar-refractivity contribution in [2.45, 2.75) is 24.1 Å². The smallest absolute Gasteiger partial charge is 0.313 e. The third-order valence-electron chi connectivity index (χ3n) is 2.25. The van der Waals surface area contributed by atoms with Crippen molar-refractivity contribution in [1.82, 2.24) is 0 Å². The largest absolute Gasteiger partial charge is 0.462 e. The third kappa shape index (κ3) is 4.03. The van der Waals surface area contributed by atoms with Crippen LogP contribution in [0.3, 0.4) is 0 Å². The lowest BCUT2D eigenvalue weighted by molar-refractivity contribution is -0.145. The van der Waals surface area contributed by atoms with Crippen LogP contribution in [0.15, 0.2) is 30.3 Å². The summed E-state index contributed by atoms with van der Waals surface area (Å²) in [6.07, 6.45) is 0.693. The quantitative estimate of drug-likeness (QED) is 0.598. The Bertz CT molecular complexity index is 325. The Hall–Kier alpha value is -0.730. The summed E-state index contributed by atoms with van der Waals surface area (Å²) in [4.78, 5) is 11.1. The SMILES string of the molecule is CCC(C(=O)OCC(Cl)Cl)c1ccccc1. The molecule has 1 rings (SSSR count). The second kappa shape index (κ2) is 6.77. The number of rotatable bonds is 5. The maximum absolute atomic E-state index is 11.7. The molecule has 0 amide bonds. The molecule has 0 aliphatic carbocycles. The minimum Gasteiger partial charge on any atom is -0.462 e. The Morgan fingerprint density at radius 1 is 1.31 bits per heavy atom. The van der Waals surface area contributed by atoms with Gasteiger partial charge < -0.3 is 4.74 Å². The van der Waals surface area contributed by atoms with E-state index in [0.717, 1.165) is 5.56 Å². The lowest BCUT2D eigenvalue weighted by Crippen LogP contribution is -2.18. The highest BCUT2D eigenvalue weighted by Crippen LogP contribution is 2.21. The molecule has 0 saturated carbocycles. The van der Waals surface area contributed by atoms with Gasteiger partial charge in [0.1, 0.15) is 11.4 Å². The van der Waals surface area contributed by atoms with Crippen LogP contribution in [-0.2, 0) is 9.53 Å². The van der Waals surface area contributed by atoms with Gasteiger partial charge in [-0.15, -0.1) is 23.2 Å². The number of esters is 1. The minimum atomic E-state index is -0.669. The van der Waals surface area contributed by atoms with Gasteiger partial charge in [-0.3, -0.25) is 4.79 Å². The van der Waals surface area contributed by atoms with Crippen LogP contribution in [0, 0.1) is 0 Å². The van der Waals surface area contributed by atoms with Crippen LogP contribution in [0.1, 0.15) is 24.8 Å². The van der Waals surface area contributed by atoms with E-state index in [-0.39, 0.29) is 18.5 Å². The summed E-state index contributed by atoms with van der Waals surface area (Å²) in [5.41, 5.74) is 0.954. The molecule has 88 valence electrons. The second-order valence-corrected chi connectivity index (χ2v) is 4.67. The molecule has 0 radical (unpaired) electrons. The fourth-order valence-corrected chi connectivity index (χ4v) is 1.60. The van der Waals surface area contributed by atoms with Crippen LogP contribution in [0.2, 0.25) is 0 Å². The fraction of sp³-hybridized carbons (Fsp3) is 0.417. The van der Waals surface area contributed by atoms with E-state index >= 15 is 0 Å². The maximum Gasteiger partial charge on any atom is 0.313 e. The first-order valence-electron chi connectivity index (χ1n) is 5.14. The molecule has 4 heteroatoms. The Morgan fingerprint density at radius 3 is 2.44 bits per heavy atom. The van der Waals surface area contributed by atoms with E-state index in [1.807, 2.05) is 37.3 Å². The van der Waals surface area contributed by atoms with Crippen molar-refractivity contribution in [3.05, 3.63) is 35.9 Å². The van der Waals surface area contributed by atoms with Gasteiger partial charge >= 0.3 is 5.97 Å². The van der Waals surface area contributed by atoms with E-state index in [0.29, 0.717) is 6.42 Å². The van der Waals surface area contributed by atoms with Crippen LogP contribution in [0.25, 0.3) is 0 Å². The van der Waals surface area contributed by atoms with Gasteiger partial charge in [0.05, 0.1) is 5.92 Å². The van der Waals surface area contributed by atoms with Crippen molar-refractivity contribution < 1.29 is 9.53 Å². The van der Waals surface area contributed by atoms with Gasteiger partial charge in [0.25, 0.3) is 0 Å². The van der Waals surface area contributed by atoms with E-state index in [1.54, 1.807) is 0 Å². The molecule has 1 aromatic carbocycles. The summed E-state index contributed by atoms with van der Waals surface area (Å²) in [6.45, 7) is 1.98. The lowest BCUT2D eigenvalue weighted by atomic mass is 9.97. The van der Waals surface area contributed by atoms with Crippen LogP contribution < -0.4 is 0 Å². The molecule has 0 fully saturated rings. The molecular formula is C12H14Cl2O2. The standard InChI is InChI=1S/C12H14Cl2O2/c1-2-10(9-6-4-3-5-7-9)12(15)16-8-11(13)14/h3-7,10-11H,2,8H2,1H3. The van der Waals surface area contributed by atoms with Crippen molar-refractivity contribution in [2.24, 2.45) is 0 Å². The molecule has 2 nitrogen and oxygen atoms in total. The van der Waals surface area contributed by atoms with Crippen molar-refractivity contribution in [3.63, 3.8) is 0 Å². The Kier molecular flexibility index (Phi) is 5.64. The molecule has 1 atom stereocenters. The number of ether oxygens (including phenoxy) is 1. The Balaban J connectivity index is 2.64. The third-order valence-corrected chi connectivity index (χ3v) is 2.50. The van der Waals surface area contributed by atoms with Gasteiger partial charge in [-0.2, -0.15) is 0 Å². The number of alkyl halides is 2. The lowest BCUT2D eigenvalue weighted by Gasteiger charge is -2.14. The zero-order valence-corrected chi connectivity index (χ0v) is 10.5. The molecule has 0 heterocycles. The minimum absolute atomic E-state index is 0.0330. The molecule has 0 N–H and O–H groups in total. The molecule has 0 saturated heterocycles. The summed E-state index contributed by atoms with van der Waals surface area (Å²) in [6, 6.07) is 9.53. The molecule has 0 spiro atoms. The van der Waals surface area contributed by atoms with Gasteiger partial charge in [-0.1, -0.05) is 37.3 Å². The van der Waals surface area contributed by atoms with Gasteiger partial charge in [0.15, 0.2) is 0 Å². The number of carbonyl (C=O) groups excluding carboxylic acids is 1. The number of halogens is 2. The van der Waals surface area contributed by atoms with Crippen molar-refractivity contribution in [2.75, 3.05) is 6.61 Å². The first kappa shape index (κ1) is 13.3. The molecule has 16 heavy (non-hydrogen) atoms. The van der Waals surface area contributed by atoms with Crippen LogP contribution in [0.4, 0.5) is 0 Å². The zero-order valence-electron chi connectivity index (χ0n) is 9.03. The highest BCUT2D eigenvalue weighted by Gasteiger charge is 2.20. The first-order valence-corrected chi connectivity index (χ1v) is 6.02. The van der Waals surface area contributed by atoms with E-state index in [9.17, 15) is 4.79 Å². The monoisotopic (exact) mass is 260 g/mol. The highest BCUT2D eigenvalue weighted by molar-refractivity contribution is 6.44. The van der Waals surface area contributed by atoms with E-state index in [2.05, 4.69) is 0 Å². The predicted octanol–water partition coefficient (Wildman–Crippen LogP) is 3.53. The number of hydrogen-bond donors (Lipinski definition) is 0. The predicted molar refractivity (Wildman–Crippen MR) is 65.9 cm³/mol. The van der Waals surface area contributed by atoms with Crippen molar-refractivity contribution in [3.8, 4) is 0 Å². The van der Waals surface area contributed by atoms with Crippen LogP contribution in [0.5, 0.6) is 0 Å². The molecule has 1 unspecified atom stereocenters. The summed E-state index contributed by atoms with van der Waals surface area (Å²) >= 11 is 11.0. The van der Waals surface area contributed by atoms with Gasteiger partial charge in [0, 0.05) is 0 Å². The summed E-state index contributed by atoms with van der Waals surface area (Å²) < 4.78 is 5.01. The molecule has 0 aliphatic heterocycles. The number of benzene rings is 1. The fourth-order valence-electron chi connectivity index (χ4n) is 1.47. The molecule has 1 aromatic rings. The second-order valence-electron chi connectivity index (χ2n) is 3.39. The topological polar surface area (TPSA) is 26.3 Å². The molecule has 0 bridgehead atoms. The average Bonchev–Trinajstić information content (AvgIpc) is 2.29. The Morgan fingerprint density at radius 2 is 1.94 bits per heavy atom. The van der Waals surface area contributed by atoms with E-state index in [1.165, 1.54) is 0 Å². The van der Waals surface area contributed by atoms with Crippen LogP contribution >= 0.6 is 23.2 Å². The Labute approximate surface area is 106 Å². The molecule has 0 aliphatic rings. The van der Waals surface area contributed by atoms with Crippen LogP contribution in [-0.4, -0.2) is 17.4 Å². The summed E-state index contributed by atoms with van der Waals surface area (Å²) in [7, 11) is 0. The summed E-state index contributed by atoms with van der Waals surface area (Å²) in [5, 5.41) is 0. The number of carbonyl (C=O) groups is 1. The normalized spacial score (nSPS) is 12.5. The molecular weight excluding hydrogens is 247 g/mol. The summed E-state index contributed by atoms with van der Waals surface area (Å²) in [5.74, 6) is -0.520. The van der Waals surface area contributed by atoms with Gasteiger partial charge in [-0.25, -0.2) is 0 Å². The van der Waals surface area contributed by atoms with E-state index < -0.39 is 4.84 Å².